The maximum atomic E-state index is 10.1. The van der Waals surface area contributed by atoms with Gasteiger partial charge in [-0.05, 0) is 31.9 Å². The van der Waals surface area contributed by atoms with Gasteiger partial charge < -0.3 is 10.4 Å². The van der Waals surface area contributed by atoms with Gasteiger partial charge in [0, 0.05) is 12.2 Å². The highest BCUT2D eigenvalue weighted by Crippen LogP contribution is 2.29. The van der Waals surface area contributed by atoms with E-state index < -0.39 is 5.60 Å². The maximum Gasteiger partial charge on any atom is 0.0819 e. The molecule has 0 saturated heterocycles. The second-order valence-corrected chi connectivity index (χ2v) is 4.65. The minimum atomic E-state index is -0.467. The van der Waals surface area contributed by atoms with Crippen molar-refractivity contribution in [1.29, 1.82) is 0 Å². The fraction of sp³-hybridized carbons (Fsp3) is 0.538. The van der Waals surface area contributed by atoms with E-state index in [0.29, 0.717) is 6.54 Å². The van der Waals surface area contributed by atoms with Crippen molar-refractivity contribution in [2.75, 3.05) is 11.9 Å². The van der Waals surface area contributed by atoms with Gasteiger partial charge in [0.05, 0.1) is 5.60 Å². The molecular weight excluding hydrogens is 186 g/mol. The zero-order valence-corrected chi connectivity index (χ0v) is 9.29. The van der Waals surface area contributed by atoms with Crippen LogP contribution in [0.2, 0.25) is 0 Å². The maximum absolute atomic E-state index is 10.1. The highest BCUT2D eigenvalue weighted by Gasteiger charge is 2.30. The number of hydrogen-bond acceptors (Lipinski definition) is 2. The average molecular weight is 205 g/mol. The molecule has 2 rings (SSSR count). The zero-order chi connectivity index (χ0) is 10.7. The van der Waals surface area contributed by atoms with E-state index in [2.05, 4.69) is 36.5 Å². The molecule has 1 aromatic rings. The van der Waals surface area contributed by atoms with Crippen molar-refractivity contribution >= 4 is 5.69 Å². The van der Waals surface area contributed by atoms with E-state index in [0.717, 1.165) is 31.4 Å². The summed E-state index contributed by atoms with van der Waals surface area (Å²) >= 11 is 0. The Morgan fingerprint density at radius 3 is 2.40 bits per heavy atom. The van der Waals surface area contributed by atoms with Crippen LogP contribution < -0.4 is 5.32 Å². The Hall–Kier alpha value is -1.02. The third-order valence-corrected chi connectivity index (χ3v) is 3.21. The van der Waals surface area contributed by atoms with Crippen LogP contribution in [0.4, 0.5) is 5.69 Å². The summed E-state index contributed by atoms with van der Waals surface area (Å²) in [4.78, 5) is 0. The second-order valence-electron chi connectivity index (χ2n) is 4.65. The normalized spacial score (nSPS) is 19.1. The van der Waals surface area contributed by atoms with E-state index in [1.807, 2.05) is 0 Å². The number of benzene rings is 1. The Morgan fingerprint density at radius 2 is 1.80 bits per heavy atom. The number of anilines is 1. The molecule has 0 bridgehead atoms. The molecule has 2 N–H and O–H groups in total. The van der Waals surface area contributed by atoms with Crippen molar-refractivity contribution in [3.8, 4) is 0 Å². The van der Waals surface area contributed by atoms with Crippen molar-refractivity contribution in [2.24, 2.45) is 0 Å². The summed E-state index contributed by atoms with van der Waals surface area (Å²) in [5.41, 5.74) is 1.89. The molecule has 2 nitrogen and oxygen atoms in total. The van der Waals surface area contributed by atoms with Crippen molar-refractivity contribution in [1.82, 2.24) is 0 Å². The lowest BCUT2D eigenvalue weighted by atomic mass is 10.0. The van der Waals surface area contributed by atoms with E-state index >= 15 is 0 Å². The summed E-state index contributed by atoms with van der Waals surface area (Å²) in [5, 5.41) is 13.4. The molecule has 1 saturated carbocycles. The Balaban J connectivity index is 1.90. The molecule has 0 unspecified atom stereocenters. The standard InChI is InChI=1S/C13H19NO/c1-11-4-6-12(7-5-11)14-10-13(15)8-2-3-9-13/h4-7,14-15H,2-3,8-10H2,1H3. The summed E-state index contributed by atoms with van der Waals surface area (Å²) in [6.45, 7) is 2.75. The lowest BCUT2D eigenvalue weighted by molar-refractivity contribution is 0.0615. The van der Waals surface area contributed by atoms with E-state index in [1.54, 1.807) is 0 Å². The van der Waals surface area contributed by atoms with Crippen LogP contribution in [0, 0.1) is 6.92 Å². The molecule has 0 heterocycles. The molecule has 0 radical (unpaired) electrons. The van der Waals surface area contributed by atoms with Gasteiger partial charge in [0.2, 0.25) is 0 Å². The van der Waals surface area contributed by atoms with Gasteiger partial charge >= 0.3 is 0 Å². The largest absolute Gasteiger partial charge is 0.388 e. The Labute approximate surface area is 91.3 Å². The molecule has 1 aromatic carbocycles. The number of aliphatic hydroxyl groups is 1. The smallest absolute Gasteiger partial charge is 0.0819 e. The van der Waals surface area contributed by atoms with Gasteiger partial charge in [0.15, 0.2) is 0 Å². The van der Waals surface area contributed by atoms with Crippen molar-refractivity contribution < 1.29 is 5.11 Å². The summed E-state index contributed by atoms with van der Waals surface area (Å²) in [6, 6.07) is 8.29. The van der Waals surface area contributed by atoms with Crippen molar-refractivity contribution in [2.45, 2.75) is 38.2 Å². The van der Waals surface area contributed by atoms with Crippen LogP contribution in [0.15, 0.2) is 24.3 Å². The second kappa shape index (κ2) is 4.23. The van der Waals surface area contributed by atoms with Crippen LogP contribution in [-0.4, -0.2) is 17.3 Å². The molecule has 82 valence electrons. The van der Waals surface area contributed by atoms with E-state index in [-0.39, 0.29) is 0 Å². The lowest BCUT2D eigenvalue weighted by Crippen LogP contribution is -2.33. The van der Waals surface area contributed by atoms with E-state index in [4.69, 9.17) is 0 Å². The highest BCUT2D eigenvalue weighted by molar-refractivity contribution is 5.44. The van der Waals surface area contributed by atoms with Crippen LogP contribution in [0.1, 0.15) is 31.2 Å². The minimum Gasteiger partial charge on any atom is -0.388 e. The van der Waals surface area contributed by atoms with Gasteiger partial charge in [-0.2, -0.15) is 0 Å². The predicted octanol–water partition coefficient (Wildman–Crippen LogP) is 2.71. The Kier molecular flexibility index (Phi) is 2.96. The molecule has 0 amide bonds. The van der Waals surface area contributed by atoms with Gasteiger partial charge in [-0.25, -0.2) is 0 Å². The van der Waals surface area contributed by atoms with Crippen molar-refractivity contribution in [3.05, 3.63) is 29.8 Å². The molecule has 2 heteroatoms. The fourth-order valence-corrected chi connectivity index (χ4v) is 2.15. The zero-order valence-electron chi connectivity index (χ0n) is 9.29. The quantitative estimate of drug-likeness (QED) is 0.795. The van der Waals surface area contributed by atoms with Gasteiger partial charge in [0.25, 0.3) is 0 Å². The molecule has 1 fully saturated rings. The van der Waals surface area contributed by atoms with Gasteiger partial charge in [-0.1, -0.05) is 30.5 Å². The fourth-order valence-electron chi connectivity index (χ4n) is 2.15. The number of nitrogens with one attached hydrogen (secondary N) is 1. The Morgan fingerprint density at radius 1 is 1.20 bits per heavy atom. The summed E-state index contributed by atoms with van der Waals surface area (Å²) < 4.78 is 0. The topological polar surface area (TPSA) is 32.3 Å². The van der Waals surface area contributed by atoms with E-state index in [1.165, 1.54) is 5.56 Å². The van der Waals surface area contributed by atoms with Crippen LogP contribution >= 0.6 is 0 Å². The van der Waals surface area contributed by atoms with Crippen LogP contribution in [0.25, 0.3) is 0 Å². The molecule has 0 aliphatic heterocycles. The third-order valence-electron chi connectivity index (χ3n) is 3.21. The lowest BCUT2D eigenvalue weighted by Gasteiger charge is -2.23. The molecule has 15 heavy (non-hydrogen) atoms. The molecule has 0 aromatic heterocycles. The summed E-state index contributed by atoms with van der Waals surface area (Å²) in [5.74, 6) is 0. The minimum absolute atomic E-state index is 0.467. The first-order valence-electron chi connectivity index (χ1n) is 5.71. The highest BCUT2D eigenvalue weighted by atomic mass is 16.3. The number of aryl methyl sites for hydroxylation is 1. The number of hydrogen-bond donors (Lipinski definition) is 2. The van der Waals surface area contributed by atoms with E-state index in [9.17, 15) is 5.11 Å². The van der Waals surface area contributed by atoms with Crippen molar-refractivity contribution in [3.63, 3.8) is 0 Å². The number of rotatable bonds is 3. The first-order valence-corrected chi connectivity index (χ1v) is 5.71. The van der Waals surface area contributed by atoms with Crippen LogP contribution in [0.3, 0.4) is 0 Å². The first kappa shape index (κ1) is 10.5. The Bertz CT molecular complexity index is 312. The van der Waals surface area contributed by atoms with Gasteiger partial charge in [-0.15, -0.1) is 0 Å². The third kappa shape index (κ3) is 2.72. The van der Waals surface area contributed by atoms with Crippen LogP contribution in [0.5, 0.6) is 0 Å². The molecule has 0 atom stereocenters. The first-order chi connectivity index (χ1) is 7.18. The van der Waals surface area contributed by atoms with Gasteiger partial charge in [0.1, 0.15) is 0 Å². The summed E-state index contributed by atoms with van der Waals surface area (Å²) in [7, 11) is 0. The van der Waals surface area contributed by atoms with Crippen LogP contribution in [-0.2, 0) is 0 Å². The summed E-state index contributed by atoms with van der Waals surface area (Å²) in [6.07, 6.45) is 4.19. The molecule has 1 aliphatic rings. The monoisotopic (exact) mass is 205 g/mol. The van der Waals surface area contributed by atoms with Gasteiger partial charge in [-0.3, -0.25) is 0 Å². The predicted molar refractivity (Wildman–Crippen MR) is 63.1 cm³/mol. The molecular formula is C13H19NO. The average Bonchev–Trinajstić information content (AvgIpc) is 2.65. The molecule has 1 aliphatic carbocycles. The SMILES string of the molecule is Cc1ccc(NCC2(O)CCCC2)cc1. The molecule has 0 spiro atoms.